The number of rotatable bonds is 7. The molecule has 7 heteroatoms. The molecule has 0 aromatic heterocycles. The van der Waals surface area contributed by atoms with Gasteiger partial charge in [-0.15, -0.1) is 11.8 Å². The molecule has 3 rings (SSSR count). The zero-order valence-corrected chi connectivity index (χ0v) is 18.2. The maximum Gasteiger partial charge on any atom is 0.248 e. The second kappa shape index (κ2) is 10.8. The molecule has 0 aliphatic heterocycles. The number of carbonyl (C=O) groups is 2. The van der Waals surface area contributed by atoms with E-state index in [4.69, 9.17) is 11.6 Å². The van der Waals surface area contributed by atoms with Gasteiger partial charge in [-0.1, -0.05) is 41.9 Å². The van der Waals surface area contributed by atoms with E-state index in [1.165, 1.54) is 36.0 Å². The van der Waals surface area contributed by atoms with Crippen LogP contribution in [0.1, 0.15) is 12.5 Å². The maximum absolute atomic E-state index is 13.2. The van der Waals surface area contributed by atoms with Gasteiger partial charge in [0, 0.05) is 22.3 Å². The third-order valence-corrected chi connectivity index (χ3v) is 5.62. The fourth-order valence-corrected chi connectivity index (χ4v) is 3.66. The van der Waals surface area contributed by atoms with Crippen LogP contribution in [0.3, 0.4) is 0 Å². The molecule has 158 valence electrons. The lowest BCUT2D eigenvalue weighted by atomic mass is 10.2. The molecule has 1 atom stereocenters. The van der Waals surface area contributed by atoms with Crippen LogP contribution < -0.4 is 10.6 Å². The highest BCUT2D eigenvalue weighted by Crippen LogP contribution is 2.26. The van der Waals surface area contributed by atoms with Gasteiger partial charge in [0.25, 0.3) is 0 Å². The number of anilines is 2. The molecular weight excluding hydrogens is 435 g/mol. The normalized spacial score (nSPS) is 11.8. The number of hydrogen-bond donors (Lipinski definition) is 2. The van der Waals surface area contributed by atoms with Crippen molar-refractivity contribution in [2.24, 2.45) is 0 Å². The lowest BCUT2D eigenvalue weighted by molar-refractivity contribution is -0.115. The molecule has 3 aromatic carbocycles. The SMILES string of the molecule is CC(Sc1ccc(NC(=O)/C=C/c2ccccc2)cc1)C(=O)Nc1ccc(F)c(Cl)c1. The van der Waals surface area contributed by atoms with Crippen molar-refractivity contribution in [3.63, 3.8) is 0 Å². The van der Waals surface area contributed by atoms with Crippen LogP contribution in [0.2, 0.25) is 5.02 Å². The largest absolute Gasteiger partial charge is 0.325 e. The minimum atomic E-state index is -0.537. The van der Waals surface area contributed by atoms with Crippen LogP contribution in [0.25, 0.3) is 6.08 Å². The van der Waals surface area contributed by atoms with Gasteiger partial charge in [-0.25, -0.2) is 4.39 Å². The van der Waals surface area contributed by atoms with Crippen molar-refractivity contribution in [2.45, 2.75) is 17.1 Å². The summed E-state index contributed by atoms with van der Waals surface area (Å²) in [5.74, 6) is -0.990. The van der Waals surface area contributed by atoms with E-state index in [2.05, 4.69) is 10.6 Å². The van der Waals surface area contributed by atoms with Crippen molar-refractivity contribution in [1.82, 2.24) is 0 Å². The van der Waals surface area contributed by atoms with E-state index in [1.54, 1.807) is 25.1 Å². The van der Waals surface area contributed by atoms with E-state index >= 15 is 0 Å². The predicted molar refractivity (Wildman–Crippen MR) is 126 cm³/mol. The van der Waals surface area contributed by atoms with Crippen LogP contribution in [0.15, 0.2) is 83.8 Å². The van der Waals surface area contributed by atoms with E-state index in [0.717, 1.165) is 10.5 Å². The summed E-state index contributed by atoms with van der Waals surface area (Å²) in [5, 5.41) is 5.08. The zero-order chi connectivity index (χ0) is 22.2. The Morgan fingerprint density at radius 1 is 0.968 bits per heavy atom. The average Bonchev–Trinajstić information content (AvgIpc) is 2.77. The molecule has 1 unspecified atom stereocenters. The van der Waals surface area contributed by atoms with Gasteiger partial charge < -0.3 is 10.6 Å². The lowest BCUT2D eigenvalue weighted by Crippen LogP contribution is -2.22. The maximum atomic E-state index is 13.2. The molecule has 0 spiro atoms. The van der Waals surface area contributed by atoms with Crippen LogP contribution in [0, 0.1) is 5.82 Å². The number of halogens is 2. The molecule has 0 fully saturated rings. The molecule has 0 heterocycles. The number of hydrogen-bond acceptors (Lipinski definition) is 3. The predicted octanol–water partition coefficient (Wildman–Crippen LogP) is 6.25. The highest BCUT2D eigenvalue weighted by Gasteiger charge is 2.15. The number of amides is 2. The van der Waals surface area contributed by atoms with Gasteiger partial charge in [0.15, 0.2) is 0 Å². The van der Waals surface area contributed by atoms with Crippen LogP contribution in [-0.4, -0.2) is 17.1 Å². The molecule has 0 bridgehead atoms. The first-order valence-electron chi connectivity index (χ1n) is 9.47. The molecule has 0 aliphatic rings. The summed E-state index contributed by atoms with van der Waals surface area (Å²) in [6.45, 7) is 1.77. The van der Waals surface area contributed by atoms with Crippen LogP contribution in [-0.2, 0) is 9.59 Å². The molecular formula is C24H20ClFN2O2S. The Balaban J connectivity index is 1.52. The van der Waals surface area contributed by atoms with Gasteiger partial charge >= 0.3 is 0 Å². The zero-order valence-electron chi connectivity index (χ0n) is 16.6. The Morgan fingerprint density at radius 3 is 2.32 bits per heavy atom. The van der Waals surface area contributed by atoms with E-state index in [-0.39, 0.29) is 16.8 Å². The van der Waals surface area contributed by atoms with Gasteiger partial charge in [-0.3, -0.25) is 9.59 Å². The van der Waals surface area contributed by atoms with Crippen molar-refractivity contribution in [1.29, 1.82) is 0 Å². The van der Waals surface area contributed by atoms with Gasteiger partial charge in [-0.2, -0.15) is 0 Å². The van der Waals surface area contributed by atoms with Gasteiger partial charge in [-0.05, 0) is 61.0 Å². The summed E-state index contributed by atoms with van der Waals surface area (Å²) in [5.41, 5.74) is 2.04. The van der Waals surface area contributed by atoms with Crippen LogP contribution in [0.4, 0.5) is 15.8 Å². The van der Waals surface area contributed by atoms with E-state index < -0.39 is 11.1 Å². The molecule has 31 heavy (non-hydrogen) atoms. The molecule has 0 radical (unpaired) electrons. The summed E-state index contributed by atoms with van der Waals surface area (Å²) in [4.78, 5) is 25.3. The van der Waals surface area contributed by atoms with Crippen LogP contribution >= 0.6 is 23.4 Å². The quantitative estimate of drug-likeness (QED) is 0.327. The summed E-state index contributed by atoms with van der Waals surface area (Å²) in [6, 6.07) is 20.8. The minimum absolute atomic E-state index is 0.0469. The standard InChI is InChI=1S/C24H20ClFN2O2S/c1-16(24(30)28-19-10-13-22(26)21(25)15-19)31-20-11-8-18(9-12-20)27-23(29)14-7-17-5-3-2-4-6-17/h2-16H,1H3,(H,27,29)(H,28,30)/b14-7+. The Kier molecular flexibility index (Phi) is 7.87. The van der Waals surface area contributed by atoms with Gasteiger partial charge in [0.1, 0.15) is 5.82 Å². The van der Waals surface area contributed by atoms with Crippen molar-refractivity contribution in [3.8, 4) is 0 Å². The molecule has 2 N–H and O–H groups in total. The average molecular weight is 455 g/mol. The smallest absolute Gasteiger partial charge is 0.248 e. The molecule has 4 nitrogen and oxygen atoms in total. The molecule has 0 saturated heterocycles. The Morgan fingerprint density at radius 2 is 1.65 bits per heavy atom. The number of nitrogens with one attached hydrogen (secondary N) is 2. The Bertz CT molecular complexity index is 1090. The lowest BCUT2D eigenvalue weighted by Gasteiger charge is -2.13. The number of thioether (sulfide) groups is 1. The first kappa shape index (κ1) is 22.6. The Hall–Kier alpha value is -3.09. The van der Waals surface area contributed by atoms with E-state index in [1.807, 2.05) is 42.5 Å². The third kappa shape index (κ3) is 6.98. The van der Waals surface area contributed by atoms with E-state index in [0.29, 0.717) is 11.4 Å². The highest BCUT2D eigenvalue weighted by atomic mass is 35.5. The van der Waals surface area contributed by atoms with E-state index in [9.17, 15) is 14.0 Å². The first-order valence-corrected chi connectivity index (χ1v) is 10.7. The minimum Gasteiger partial charge on any atom is -0.325 e. The number of benzene rings is 3. The second-order valence-electron chi connectivity index (χ2n) is 6.64. The fraction of sp³-hybridized carbons (Fsp3) is 0.0833. The third-order valence-electron chi connectivity index (χ3n) is 4.22. The van der Waals surface area contributed by atoms with Crippen molar-refractivity contribution in [3.05, 3.63) is 95.3 Å². The van der Waals surface area contributed by atoms with Crippen LogP contribution in [0.5, 0.6) is 0 Å². The molecule has 2 amide bonds. The molecule has 3 aromatic rings. The summed E-state index contributed by atoms with van der Waals surface area (Å²) in [7, 11) is 0. The van der Waals surface area contributed by atoms with Gasteiger partial charge in [0.05, 0.1) is 10.3 Å². The molecule has 0 saturated carbocycles. The summed E-state index contributed by atoms with van der Waals surface area (Å²) < 4.78 is 13.2. The summed E-state index contributed by atoms with van der Waals surface area (Å²) >= 11 is 7.11. The topological polar surface area (TPSA) is 58.2 Å². The number of carbonyl (C=O) groups excluding carboxylic acids is 2. The van der Waals surface area contributed by atoms with Crippen molar-refractivity contribution in [2.75, 3.05) is 10.6 Å². The first-order chi connectivity index (χ1) is 14.9. The van der Waals surface area contributed by atoms with Crippen molar-refractivity contribution >= 4 is 52.6 Å². The molecule has 0 aliphatic carbocycles. The highest BCUT2D eigenvalue weighted by molar-refractivity contribution is 8.00. The van der Waals surface area contributed by atoms with Gasteiger partial charge in [0.2, 0.25) is 11.8 Å². The summed E-state index contributed by atoms with van der Waals surface area (Å²) in [6.07, 6.45) is 3.22. The fourth-order valence-electron chi connectivity index (χ4n) is 2.61. The second-order valence-corrected chi connectivity index (χ2v) is 8.46. The monoisotopic (exact) mass is 454 g/mol. The van der Waals surface area contributed by atoms with Crippen molar-refractivity contribution < 1.29 is 14.0 Å². The Labute approximate surface area is 189 Å².